The summed E-state index contributed by atoms with van der Waals surface area (Å²) in [6.45, 7) is 4.81. The summed E-state index contributed by atoms with van der Waals surface area (Å²) in [4.78, 5) is 24.6. The van der Waals surface area contributed by atoms with E-state index in [9.17, 15) is 9.59 Å². The molecule has 0 rings (SSSR count). The van der Waals surface area contributed by atoms with Gasteiger partial charge in [-0.05, 0) is 12.8 Å². The minimum Gasteiger partial charge on any atom is -0.330 e. The smallest absolute Gasteiger partial charge is 0.137 e. The molecule has 3 heteroatoms. The highest BCUT2D eigenvalue weighted by Crippen LogP contribution is 2.16. The molecular weight excluding hydrogens is 370 g/mol. The second kappa shape index (κ2) is 23.0. The summed E-state index contributed by atoms with van der Waals surface area (Å²) >= 11 is 0. The maximum atomic E-state index is 12.4. The Hall–Kier alpha value is -0.700. The molecule has 0 aliphatic carbocycles. The van der Waals surface area contributed by atoms with Crippen molar-refractivity contribution in [3.8, 4) is 0 Å². The summed E-state index contributed by atoms with van der Waals surface area (Å²) in [5, 5.41) is 0. The van der Waals surface area contributed by atoms with Crippen LogP contribution in [0.15, 0.2) is 0 Å². The van der Waals surface area contributed by atoms with Crippen LogP contribution in [0.4, 0.5) is 0 Å². The number of hydrogen-bond acceptors (Lipinski definition) is 3. The second-order valence-electron chi connectivity index (χ2n) is 9.30. The van der Waals surface area contributed by atoms with E-state index in [0.717, 1.165) is 25.7 Å². The molecule has 30 heavy (non-hydrogen) atoms. The molecule has 0 bridgehead atoms. The molecule has 0 fully saturated rings. The molecule has 1 atom stereocenters. The third-order valence-corrected chi connectivity index (χ3v) is 6.30. The van der Waals surface area contributed by atoms with Gasteiger partial charge in [0.2, 0.25) is 0 Å². The quantitative estimate of drug-likeness (QED) is 0.160. The molecule has 1 unspecified atom stereocenters. The van der Waals surface area contributed by atoms with Crippen LogP contribution >= 0.6 is 0 Å². The van der Waals surface area contributed by atoms with Crippen LogP contribution in [0.2, 0.25) is 0 Å². The molecule has 3 nitrogen and oxygen atoms in total. The van der Waals surface area contributed by atoms with Crippen LogP contribution in [0.1, 0.15) is 149 Å². The van der Waals surface area contributed by atoms with Crippen LogP contribution in [0.3, 0.4) is 0 Å². The highest BCUT2D eigenvalue weighted by atomic mass is 16.1. The standard InChI is InChI=1S/C27H53NO2/c1-3-5-7-9-11-13-15-17-19-21-26(29)23-25(24-28)27(30)22-20-18-16-14-12-10-8-6-4-2/h25H,3-24,28H2,1-2H3. The highest BCUT2D eigenvalue weighted by molar-refractivity contribution is 5.88. The number of rotatable bonds is 24. The maximum Gasteiger partial charge on any atom is 0.137 e. The average molecular weight is 424 g/mol. The predicted octanol–water partition coefficient (Wildman–Crippen LogP) is 7.93. The van der Waals surface area contributed by atoms with E-state index in [1.165, 1.54) is 89.9 Å². The van der Waals surface area contributed by atoms with Gasteiger partial charge >= 0.3 is 0 Å². The van der Waals surface area contributed by atoms with E-state index >= 15 is 0 Å². The van der Waals surface area contributed by atoms with Crippen molar-refractivity contribution >= 4 is 11.6 Å². The van der Waals surface area contributed by atoms with Gasteiger partial charge in [0.05, 0.1) is 0 Å². The maximum absolute atomic E-state index is 12.4. The summed E-state index contributed by atoms with van der Waals surface area (Å²) in [7, 11) is 0. The van der Waals surface area contributed by atoms with Gasteiger partial charge in [-0.3, -0.25) is 9.59 Å². The minimum absolute atomic E-state index is 0.209. The van der Waals surface area contributed by atoms with E-state index in [1.807, 2.05) is 0 Å². The molecule has 0 aromatic heterocycles. The molecular formula is C27H53NO2. The van der Waals surface area contributed by atoms with Gasteiger partial charge in [-0.15, -0.1) is 0 Å². The Morgan fingerprint density at radius 1 is 0.567 bits per heavy atom. The largest absolute Gasteiger partial charge is 0.330 e. The zero-order chi connectivity index (χ0) is 22.3. The zero-order valence-corrected chi connectivity index (χ0v) is 20.5. The average Bonchev–Trinajstić information content (AvgIpc) is 2.75. The first-order valence-corrected chi connectivity index (χ1v) is 13.4. The first-order chi connectivity index (χ1) is 14.7. The van der Waals surface area contributed by atoms with Crippen molar-refractivity contribution in [2.45, 2.75) is 149 Å². The lowest BCUT2D eigenvalue weighted by Gasteiger charge is -2.13. The normalized spacial score (nSPS) is 12.2. The fourth-order valence-electron chi connectivity index (χ4n) is 4.15. The Morgan fingerprint density at radius 3 is 1.33 bits per heavy atom. The lowest BCUT2D eigenvalue weighted by atomic mass is 9.92. The van der Waals surface area contributed by atoms with Gasteiger partial charge < -0.3 is 5.73 Å². The van der Waals surface area contributed by atoms with E-state index in [4.69, 9.17) is 5.73 Å². The van der Waals surface area contributed by atoms with Gasteiger partial charge in [0, 0.05) is 31.7 Å². The van der Waals surface area contributed by atoms with Crippen LogP contribution in [0.25, 0.3) is 0 Å². The Balaban J connectivity index is 3.66. The molecule has 2 N–H and O–H groups in total. The van der Waals surface area contributed by atoms with Crippen LogP contribution in [-0.4, -0.2) is 18.1 Å². The molecule has 0 aromatic rings. The molecule has 0 spiro atoms. The van der Waals surface area contributed by atoms with Gasteiger partial charge in [0.1, 0.15) is 11.6 Å². The van der Waals surface area contributed by atoms with E-state index in [2.05, 4.69) is 13.8 Å². The van der Waals surface area contributed by atoms with Gasteiger partial charge in [-0.1, -0.05) is 117 Å². The molecule has 0 aliphatic rings. The summed E-state index contributed by atoms with van der Waals surface area (Å²) in [6, 6.07) is 0. The number of carbonyl (C=O) groups excluding carboxylic acids is 2. The van der Waals surface area contributed by atoms with Gasteiger partial charge in [-0.2, -0.15) is 0 Å². The van der Waals surface area contributed by atoms with Crippen LogP contribution in [0.5, 0.6) is 0 Å². The fraction of sp³-hybridized carbons (Fsp3) is 0.926. The predicted molar refractivity (Wildman–Crippen MR) is 131 cm³/mol. The van der Waals surface area contributed by atoms with Crippen molar-refractivity contribution < 1.29 is 9.59 Å². The lowest BCUT2D eigenvalue weighted by Crippen LogP contribution is -2.26. The molecule has 0 saturated heterocycles. The van der Waals surface area contributed by atoms with E-state index < -0.39 is 0 Å². The third kappa shape index (κ3) is 19.3. The second-order valence-corrected chi connectivity index (χ2v) is 9.30. The number of nitrogens with two attached hydrogens (primary N) is 1. The van der Waals surface area contributed by atoms with Crippen molar-refractivity contribution in [3.05, 3.63) is 0 Å². The fourth-order valence-corrected chi connectivity index (χ4v) is 4.15. The minimum atomic E-state index is -0.245. The zero-order valence-electron chi connectivity index (χ0n) is 20.5. The summed E-state index contributed by atoms with van der Waals surface area (Å²) in [5.41, 5.74) is 5.80. The SMILES string of the molecule is CCCCCCCCCCCC(=O)CC(CN)C(=O)CCCCCCCCCCC. The Bertz CT molecular complexity index is 394. The molecule has 0 aliphatic heterocycles. The topological polar surface area (TPSA) is 60.2 Å². The van der Waals surface area contributed by atoms with Crippen molar-refractivity contribution in [3.63, 3.8) is 0 Å². The van der Waals surface area contributed by atoms with Gasteiger partial charge in [0.25, 0.3) is 0 Å². The molecule has 0 saturated carbocycles. The molecule has 178 valence electrons. The van der Waals surface area contributed by atoms with E-state index in [0.29, 0.717) is 25.8 Å². The first kappa shape index (κ1) is 29.3. The summed E-state index contributed by atoms with van der Waals surface area (Å²) < 4.78 is 0. The monoisotopic (exact) mass is 423 g/mol. The Kier molecular flexibility index (Phi) is 22.4. The molecule has 0 radical (unpaired) electrons. The third-order valence-electron chi connectivity index (χ3n) is 6.30. The Labute approximate surface area is 188 Å². The van der Waals surface area contributed by atoms with E-state index in [-0.39, 0.29) is 17.5 Å². The lowest BCUT2D eigenvalue weighted by molar-refractivity contribution is -0.127. The van der Waals surface area contributed by atoms with Crippen LogP contribution in [-0.2, 0) is 9.59 Å². The summed E-state index contributed by atoms with van der Waals surface area (Å²) in [5.74, 6) is 0.194. The number of unbranched alkanes of at least 4 members (excludes halogenated alkanes) is 16. The van der Waals surface area contributed by atoms with Crippen LogP contribution in [0, 0.1) is 5.92 Å². The van der Waals surface area contributed by atoms with Crippen molar-refractivity contribution in [1.82, 2.24) is 0 Å². The molecule has 0 amide bonds. The molecule has 0 heterocycles. The van der Waals surface area contributed by atoms with E-state index in [1.54, 1.807) is 0 Å². The Morgan fingerprint density at radius 2 is 0.933 bits per heavy atom. The summed E-state index contributed by atoms with van der Waals surface area (Å²) in [6.07, 6.45) is 24.2. The number of carbonyl (C=O) groups is 2. The highest BCUT2D eigenvalue weighted by Gasteiger charge is 2.19. The van der Waals surface area contributed by atoms with Gasteiger partial charge in [0.15, 0.2) is 0 Å². The number of Topliss-reactive ketones (excluding diaryl/α,β-unsaturated/α-hetero) is 2. The van der Waals surface area contributed by atoms with Crippen molar-refractivity contribution in [2.75, 3.05) is 6.54 Å². The number of hydrogen-bond donors (Lipinski definition) is 1. The van der Waals surface area contributed by atoms with Crippen molar-refractivity contribution in [1.29, 1.82) is 0 Å². The van der Waals surface area contributed by atoms with Crippen LogP contribution < -0.4 is 5.73 Å². The van der Waals surface area contributed by atoms with Gasteiger partial charge in [-0.25, -0.2) is 0 Å². The van der Waals surface area contributed by atoms with Crippen molar-refractivity contribution in [2.24, 2.45) is 11.7 Å². The number of ketones is 2. The first-order valence-electron chi connectivity index (χ1n) is 13.4. The molecule has 0 aromatic carbocycles.